The highest BCUT2D eigenvalue weighted by atomic mass is 35.5. The van der Waals surface area contributed by atoms with Crippen LogP contribution in [0, 0.1) is 0 Å². The Kier molecular flexibility index (Phi) is 3.21. The van der Waals surface area contributed by atoms with E-state index in [1.165, 1.54) is 4.68 Å². The molecule has 0 spiro atoms. The topological polar surface area (TPSA) is 90.1 Å². The van der Waals surface area contributed by atoms with Crippen LogP contribution in [0.1, 0.15) is 5.56 Å². The maximum atomic E-state index is 8.92. The van der Waals surface area contributed by atoms with Crippen molar-refractivity contribution < 1.29 is 5.11 Å². The van der Waals surface area contributed by atoms with Crippen LogP contribution in [0.2, 0.25) is 5.02 Å². The van der Waals surface area contributed by atoms with Crippen molar-refractivity contribution in [2.45, 2.75) is 6.42 Å². The lowest BCUT2D eigenvalue weighted by Crippen LogP contribution is -2.03. The van der Waals surface area contributed by atoms with Gasteiger partial charge >= 0.3 is 0 Å². The normalized spacial score (nSPS) is 10.7. The smallest absolute Gasteiger partial charge is 0.151 e. The summed E-state index contributed by atoms with van der Waals surface area (Å²) in [6, 6.07) is 7.10. The largest absolute Gasteiger partial charge is 0.396 e. The maximum Gasteiger partial charge on any atom is 0.151 e. The molecule has 6 heteroatoms. The molecule has 0 unspecified atom stereocenters. The Morgan fingerprint density at radius 1 is 1.24 bits per heavy atom. The number of aliphatic hydroxyl groups is 1. The number of aromatic nitrogens is 2. The molecule has 2 rings (SSSR count). The van der Waals surface area contributed by atoms with Gasteiger partial charge in [-0.2, -0.15) is 0 Å². The monoisotopic (exact) mass is 252 g/mol. The molecule has 0 radical (unpaired) electrons. The van der Waals surface area contributed by atoms with Crippen molar-refractivity contribution >= 4 is 23.2 Å². The average Bonchev–Trinajstić information content (AvgIpc) is 2.59. The molecule has 17 heavy (non-hydrogen) atoms. The highest BCUT2D eigenvalue weighted by Gasteiger charge is 2.13. The third kappa shape index (κ3) is 2.20. The minimum atomic E-state index is -0.0132. The number of hydrogen-bond acceptors (Lipinski definition) is 4. The van der Waals surface area contributed by atoms with E-state index in [1.54, 1.807) is 24.3 Å². The minimum absolute atomic E-state index is 0.0132. The predicted octanol–water partition coefficient (Wildman–Crippen LogP) is 1.22. The van der Waals surface area contributed by atoms with Gasteiger partial charge in [-0.05, 0) is 24.3 Å². The van der Waals surface area contributed by atoms with E-state index < -0.39 is 0 Å². The van der Waals surface area contributed by atoms with Crippen molar-refractivity contribution in [2.75, 3.05) is 18.1 Å². The molecule has 0 aliphatic rings. The Bertz CT molecular complexity index is 521. The van der Waals surface area contributed by atoms with Crippen molar-refractivity contribution in [3.8, 4) is 5.69 Å². The van der Waals surface area contributed by atoms with Crippen molar-refractivity contribution in [1.82, 2.24) is 9.78 Å². The number of nitrogens with two attached hydrogens (primary N) is 2. The Labute approximate surface area is 104 Å². The number of aliphatic hydroxyl groups excluding tert-OH is 1. The molecule has 5 nitrogen and oxygen atoms in total. The first-order chi connectivity index (χ1) is 8.13. The second kappa shape index (κ2) is 4.65. The molecule has 90 valence electrons. The van der Waals surface area contributed by atoms with Gasteiger partial charge < -0.3 is 16.6 Å². The molecule has 5 N–H and O–H groups in total. The van der Waals surface area contributed by atoms with Gasteiger partial charge in [-0.3, -0.25) is 0 Å². The number of halogens is 1. The van der Waals surface area contributed by atoms with Gasteiger partial charge in [-0.15, -0.1) is 5.10 Å². The number of hydrogen-bond donors (Lipinski definition) is 3. The quantitative estimate of drug-likeness (QED) is 0.766. The molecule has 1 aromatic heterocycles. The Morgan fingerprint density at radius 2 is 1.88 bits per heavy atom. The second-order valence-electron chi connectivity index (χ2n) is 3.61. The standard InChI is InChI=1S/C11H13ClN4O/c12-7-1-3-8(4-2-7)16-11(14)9(5-6-17)10(13)15-16/h1-4,17H,5-6,14H2,(H2,13,15). The zero-order valence-electron chi connectivity index (χ0n) is 9.10. The predicted molar refractivity (Wildman–Crippen MR) is 68.2 cm³/mol. The van der Waals surface area contributed by atoms with Gasteiger partial charge in [-0.25, -0.2) is 4.68 Å². The SMILES string of the molecule is Nc1nn(-c2ccc(Cl)cc2)c(N)c1CCO. The van der Waals surface area contributed by atoms with E-state index in [0.717, 1.165) is 5.69 Å². The van der Waals surface area contributed by atoms with Crippen LogP contribution in [0.3, 0.4) is 0 Å². The van der Waals surface area contributed by atoms with Gasteiger partial charge in [0.05, 0.1) is 5.69 Å². The zero-order chi connectivity index (χ0) is 12.4. The van der Waals surface area contributed by atoms with E-state index in [1.807, 2.05) is 0 Å². The van der Waals surface area contributed by atoms with E-state index in [-0.39, 0.29) is 6.61 Å². The molecule has 2 aromatic rings. The fraction of sp³-hybridized carbons (Fsp3) is 0.182. The first kappa shape index (κ1) is 11.8. The molecule has 0 amide bonds. The van der Waals surface area contributed by atoms with Gasteiger partial charge in [0.1, 0.15) is 5.82 Å². The summed E-state index contributed by atoms with van der Waals surface area (Å²) in [6.07, 6.45) is 0.394. The van der Waals surface area contributed by atoms with Crippen LogP contribution in [-0.2, 0) is 6.42 Å². The van der Waals surface area contributed by atoms with E-state index in [4.69, 9.17) is 28.2 Å². The molecular weight excluding hydrogens is 240 g/mol. The maximum absolute atomic E-state index is 8.92. The van der Waals surface area contributed by atoms with E-state index in [9.17, 15) is 0 Å². The number of rotatable bonds is 3. The first-order valence-corrected chi connectivity index (χ1v) is 5.51. The number of anilines is 2. The van der Waals surface area contributed by atoms with E-state index in [0.29, 0.717) is 28.6 Å². The van der Waals surface area contributed by atoms with Crippen LogP contribution in [-0.4, -0.2) is 21.5 Å². The fourth-order valence-corrected chi connectivity index (χ4v) is 1.75. The first-order valence-electron chi connectivity index (χ1n) is 5.13. The lowest BCUT2D eigenvalue weighted by Gasteiger charge is -2.04. The second-order valence-corrected chi connectivity index (χ2v) is 4.05. The summed E-state index contributed by atoms with van der Waals surface area (Å²) in [6.45, 7) is -0.0132. The molecule has 0 aliphatic heterocycles. The number of nitrogens with zero attached hydrogens (tertiary/aromatic N) is 2. The van der Waals surface area contributed by atoms with Gasteiger partial charge in [0, 0.05) is 23.6 Å². The molecule has 0 saturated carbocycles. The van der Waals surface area contributed by atoms with Gasteiger partial charge in [0.25, 0.3) is 0 Å². The third-order valence-corrected chi connectivity index (χ3v) is 2.74. The summed E-state index contributed by atoms with van der Waals surface area (Å²) in [7, 11) is 0. The highest BCUT2D eigenvalue weighted by molar-refractivity contribution is 6.30. The van der Waals surface area contributed by atoms with Gasteiger partial charge in [-0.1, -0.05) is 11.6 Å². The van der Waals surface area contributed by atoms with Crippen molar-refractivity contribution in [1.29, 1.82) is 0 Å². The number of benzene rings is 1. The third-order valence-electron chi connectivity index (χ3n) is 2.49. The molecule has 0 atom stereocenters. The molecule has 1 aromatic carbocycles. The Morgan fingerprint density at radius 3 is 2.47 bits per heavy atom. The zero-order valence-corrected chi connectivity index (χ0v) is 9.85. The molecule has 0 fully saturated rings. The van der Waals surface area contributed by atoms with E-state index in [2.05, 4.69) is 5.10 Å². The van der Waals surface area contributed by atoms with Crippen LogP contribution in [0.25, 0.3) is 5.69 Å². The van der Waals surface area contributed by atoms with Crippen molar-refractivity contribution in [3.05, 3.63) is 34.9 Å². The Balaban J connectivity index is 2.46. The summed E-state index contributed by atoms with van der Waals surface area (Å²) in [5.74, 6) is 0.783. The minimum Gasteiger partial charge on any atom is -0.396 e. The van der Waals surface area contributed by atoms with E-state index >= 15 is 0 Å². The van der Waals surface area contributed by atoms with Crippen LogP contribution < -0.4 is 11.5 Å². The van der Waals surface area contributed by atoms with Crippen LogP contribution >= 0.6 is 11.6 Å². The van der Waals surface area contributed by atoms with Crippen LogP contribution in [0.15, 0.2) is 24.3 Å². The van der Waals surface area contributed by atoms with Crippen molar-refractivity contribution in [3.63, 3.8) is 0 Å². The van der Waals surface area contributed by atoms with Crippen LogP contribution in [0.4, 0.5) is 11.6 Å². The van der Waals surface area contributed by atoms with Crippen LogP contribution in [0.5, 0.6) is 0 Å². The average molecular weight is 253 g/mol. The van der Waals surface area contributed by atoms with Crippen molar-refractivity contribution in [2.24, 2.45) is 0 Å². The van der Waals surface area contributed by atoms with Gasteiger partial charge in [0.2, 0.25) is 0 Å². The lowest BCUT2D eigenvalue weighted by molar-refractivity contribution is 0.300. The molecule has 0 saturated heterocycles. The number of nitrogen functional groups attached to an aromatic ring is 2. The lowest BCUT2D eigenvalue weighted by atomic mass is 10.2. The Hall–Kier alpha value is -1.72. The molecule has 0 bridgehead atoms. The highest BCUT2D eigenvalue weighted by Crippen LogP contribution is 2.23. The summed E-state index contributed by atoms with van der Waals surface area (Å²) >= 11 is 5.81. The fourth-order valence-electron chi connectivity index (χ4n) is 1.63. The molecule has 0 aliphatic carbocycles. The molecular formula is C11H13ClN4O. The molecule has 1 heterocycles. The summed E-state index contributed by atoms with van der Waals surface area (Å²) in [5.41, 5.74) is 13.1. The summed E-state index contributed by atoms with van der Waals surface area (Å²) < 4.78 is 1.54. The summed E-state index contributed by atoms with van der Waals surface area (Å²) in [5, 5.41) is 13.7. The summed E-state index contributed by atoms with van der Waals surface area (Å²) in [4.78, 5) is 0. The van der Waals surface area contributed by atoms with Gasteiger partial charge in [0.15, 0.2) is 5.82 Å².